The van der Waals surface area contributed by atoms with E-state index in [4.69, 9.17) is 0 Å². The van der Waals surface area contributed by atoms with Crippen LogP contribution in [-0.4, -0.2) is 48.7 Å². The fraction of sp³-hybridized carbons (Fsp3) is 0.125. The van der Waals surface area contributed by atoms with Crippen LogP contribution in [0.4, 0.5) is 10.1 Å². The number of fused-ring (bicyclic) bond motifs is 1. The van der Waals surface area contributed by atoms with E-state index in [9.17, 15) is 17.6 Å². The van der Waals surface area contributed by atoms with Gasteiger partial charge in [0, 0.05) is 36.1 Å². The molecule has 0 atom stereocenters. The number of nitrogens with zero attached hydrogens (tertiary/aromatic N) is 3. The number of nitrogens with one attached hydrogen (secondary N) is 1. The number of anilines is 1. The van der Waals surface area contributed by atoms with Crippen molar-refractivity contribution in [2.24, 2.45) is 0 Å². The smallest absolute Gasteiger partial charge is 0.242 e. The van der Waals surface area contributed by atoms with Crippen LogP contribution in [0, 0.1) is 5.82 Å². The molecule has 34 heavy (non-hydrogen) atoms. The van der Waals surface area contributed by atoms with Crippen LogP contribution in [0.25, 0.3) is 22.0 Å². The Morgan fingerprint density at radius 3 is 2.24 bits per heavy atom. The molecular formula is C24H21FN4O3S2. The maximum atomic E-state index is 13.3. The monoisotopic (exact) mass is 496 g/mol. The first-order chi connectivity index (χ1) is 16.3. The van der Waals surface area contributed by atoms with Crippen LogP contribution in [0.3, 0.4) is 0 Å². The maximum Gasteiger partial charge on any atom is 0.242 e. The minimum atomic E-state index is -3.53. The van der Waals surface area contributed by atoms with Crippen LogP contribution in [0.1, 0.15) is 0 Å². The lowest BCUT2D eigenvalue weighted by Crippen LogP contribution is -2.22. The predicted molar refractivity (Wildman–Crippen MR) is 132 cm³/mol. The summed E-state index contributed by atoms with van der Waals surface area (Å²) in [4.78, 5) is 12.6. The Balaban J connectivity index is 1.48. The average molecular weight is 497 g/mol. The molecule has 0 saturated heterocycles. The van der Waals surface area contributed by atoms with Gasteiger partial charge in [0.1, 0.15) is 16.5 Å². The number of sulfonamides is 1. The topological polar surface area (TPSA) is 92.3 Å². The van der Waals surface area contributed by atoms with Gasteiger partial charge in [0.05, 0.1) is 10.6 Å². The number of carbonyl (C=O) groups excluding carboxylic acids is 1. The lowest BCUT2D eigenvalue weighted by molar-refractivity contribution is -0.113. The minimum absolute atomic E-state index is 0.0896. The fourth-order valence-corrected chi connectivity index (χ4v) is 4.93. The van der Waals surface area contributed by atoms with Crippen LogP contribution >= 0.6 is 11.8 Å². The van der Waals surface area contributed by atoms with Gasteiger partial charge in [0.25, 0.3) is 0 Å². The van der Waals surface area contributed by atoms with Crippen molar-refractivity contribution in [3.8, 4) is 11.3 Å². The molecule has 1 heterocycles. The van der Waals surface area contributed by atoms with Crippen molar-refractivity contribution in [2.45, 2.75) is 9.92 Å². The number of thioether (sulfide) groups is 1. The quantitative estimate of drug-likeness (QED) is 0.381. The standard InChI is InChI=1S/C24H21FN4O3S2/c1-29(2)34(31,32)19-13-11-18(12-14-19)26-22(30)15-33-24-21-6-4-3-5-20(21)23(27-28-24)16-7-9-17(25)10-8-16/h3-14H,15H2,1-2H3,(H,26,30). The summed E-state index contributed by atoms with van der Waals surface area (Å²) in [7, 11) is -0.614. The summed E-state index contributed by atoms with van der Waals surface area (Å²) < 4.78 is 38.8. The average Bonchev–Trinajstić information content (AvgIpc) is 2.83. The van der Waals surface area contributed by atoms with Gasteiger partial charge in [-0.05, 0) is 48.5 Å². The van der Waals surface area contributed by atoms with Crippen molar-refractivity contribution < 1.29 is 17.6 Å². The lowest BCUT2D eigenvalue weighted by atomic mass is 10.1. The number of carbonyl (C=O) groups is 1. The molecule has 10 heteroatoms. The van der Waals surface area contributed by atoms with Crippen LogP contribution in [0.2, 0.25) is 0 Å². The summed E-state index contributed by atoms with van der Waals surface area (Å²) in [6, 6.07) is 19.6. The molecule has 4 aromatic rings. The highest BCUT2D eigenvalue weighted by molar-refractivity contribution is 8.00. The van der Waals surface area contributed by atoms with Crippen molar-refractivity contribution in [1.82, 2.24) is 14.5 Å². The van der Waals surface area contributed by atoms with Gasteiger partial charge >= 0.3 is 0 Å². The van der Waals surface area contributed by atoms with E-state index in [0.29, 0.717) is 16.4 Å². The molecule has 1 amide bonds. The largest absolute Gasteiger partial charge is 0.325 e. The molecule has 3 aromatic carbocycles. The third kappa shape index (κ3) is 5.09. The van der Waals surface area contributed by atoms with E-state index in [0.717, 1.165) is 20.6 Å². The third-order valence-electron chi connectivity index (χ3n) is 5.03. The second-order valence-electron chi connectivity index (χ2n) is 7.55. The highest BCUT2D eigenvalue weighted by Crippen LogP contribution is 2.31. The van der Waals surface area contributed by atoms with E-state index in [2.05, 4.69) is 15.5 Å². The molecule has 0 saturated carbocycles. The van der Waals surface area contributed by atoms with E-state index in [1.165, 1.54) is 50.1 Å². The van der Waals surface area contributed by atoms with Crippen LogP contribution in [0.15, 0.2) is 82.7 Å². The molecular weight excluding hydrogens is 475 g/mol. The number of rotatable bonds is 7. The minimum Gasteiger partial charge on any atom is -0.325 e. The zero-order chi connectivity index (χ0) is 24.3. The highest BCUT2D eigenvalue weighted by atomic mass is 32.2. The first-order valence-electron chi connectivity index (χ1n) is 10.2. The number of halogens is 1. The Kier molecular flexibility index (Phi) is 6.92. The second kappa shape index (κ2) is 9.88. The maximum absolute atomic E-state index is 13.3. The molecule has 7 nitrogen and oxygen atoms in total. The zero-order valence-corrected chi connectivity index (χ0v) is 20.0. The third-order valence-corrected chi connectivity index (χ3v) is 7.84. The lowest BCUT2D eigenvalue weighted by Gasteiger charge is -2.12. The Labute approximate surface area is 201 Å². The molecule has 174 valence electrons. The summed E-state index contributed by atoms with van der Waals surface area (Å²) in [5.74, 6) is -0.498. The fourth-order valence-electron chi connectivity index (χ4n) is 3.26. The SMILES string of the molecule is CN(C)S(=O)(=O)c1ccc(NC(=O)CSc2nnc(-c3ccc(F)cc3)c3ccccc23)cc1. The molecule has 0 spiro atoms. The van der Waals surface area contributed by atoms with Gasteiger partial charge in [-0.15, -0.1) is 10.2 Å². The summed E-state index contributed by atoms with van der Waals surface area (Å²) in [5, 5.41) is 13.7. The molecule has 0 aliphatic carbocycles. The molecule has 4 rings (SSSR count). The number of hydrogen-bond donors (Lipinski definition) is 1. The first kappa shape index (κ1) is 23.8. The van der Waals surface area contributed by atoms with Crippen molar-refractivity contribution >= 4 is 44.2 Å². The Morgan fingerprint density at radius 1 is 0.941 bits per heavy atom. The van der Waals surface area contributed by atoms with Gasteiger partial charge in [-0.3, -0.25) is 4.79 Å². The number of benzene rings is 3. The van der Waals surface area contributed by atoms with Crippen LogP contribution < -0.4 is 5.32 Å². The predicted octanol–water partition coefficient (Wildman–Crippen LogP) is 4.42. The summed E-state index contributed by atoms with van der Waals surface area (Å²) >= 11 is 1.25. The van der Waals surface area contributed by atoms with Gasteiger partial charge in [0.15, 0.2) is 0 Å². The highest BCUT2D eigenvalue weighted by Gasteiger charge is 2.17. The molecule has 0 fully saturated rings. The van der Waals surface area contributed by atoms with Gasteiger partial charge in [0.2, 0.25) is 15.9 Å². The van der Waals surface area contributed by atoms with Gasteiger partial charge in [-0.1, -0.05) is 36.0 Å². The van der Waals surface area contributed by atoms with E-state index >= 15 is 0 Å². The normalized spacial score (nSPS) is 11.6. The Hall–Kier alpha value is -3.34. The van der Waals surface area contributed by atoms with Crippen molar-refractivity contribution in [3.05, 3.63) is 78.6 Å². The number of aromatic nitrogens is 2. The molecule has 0 aliphatic heterocycles. The Morgan fingerprint density at radius 2 is 1.59 bits per heavy atom. The van der Waals surface area contributed by atoms with E-state index < -0.39 is 10.0 Å². The second-order valence-corrected chi connectivity index (χ2v) is 10.7. The van der Waals surface area contributed by atoms with Crippen molar-refractivity contribution in [3.63, 3.8) is 0 Å². The van der Waals surface area contributed by atoms with Gasteiger partial charge in [-0.2, -0.15) is 0 Å². The number of amides is 1. The molecule has 0 bridgehead atoms. The van der Waals surface area contributed by atoms with Crippen LogP contribution in [0.5, 0.6) is 0 Å². The summed E-state index contributed by atoms with van der Waals surface area (Å²) in [6.45, 7) is 0. The van der Waals surface area contributed by atoms with Crippen molar-refractivity contribution in [2.75, 3.05) is 25.2 Å². The number of hydrogen-bond acceptors (Lipinski definition) is 6. The first-order valence-corrected chi connectivity index (χ1v) is 12.6. The zero-order valence-electron chi connectivity index (χ0n) is 18.4. The van der Waals surface area contributed by atoms with E-state index in [1.54, 1.807) is 24.3 Å². The van der Waals surface area contributed by atoms with Gasteiger partial charge in [-0.25, -0.2) is 17.1 Å². The van der Waals surface area contributed by atoms with Crippen molar-refractivity contribution in [1.29, 1.82) is 0 Å². The molecule has 0 radical (unpaired) electrons. The molecule has 1 N–H and O–H groups in total. The summed E-state index contributed by atoms with van der Waals surface area (Å²) in [6.07, 6.45) is 0. The molecule has 0 aliphatic rings. The van der Waals surface area contributed by atoms with E-state index in [1.807, 2.05) is 24.3 Å². The molecule has 0 unspecified atom stereocenters. The van der Waals surface area contributed by atoms with Gasteiger partial charge < -0.3 is 5.32 Å². The summed E-state index contributed by atoms with van der Waals surface area (Å²) in [5.41, 5.74) is 1.88. The Bertz CT molecular complexity index is 1440. The molecule has 1 aromatic heterocycles. The van der Waals surface area contributed by atoms with E-state index in [-0.39, 0.29) is 22.4 Å². The van der Waals surface area contributed by atoms with Crippen LogP contribution in [-0.2, 0) is 14.8 Å².